The van der Waals surface area contributed by atoms with Crippen molar-refractivity contribution in [3.63, 3.8) is 0 Å². The number of amides is 2. The van der Waals surface area contributed by atoms with E-state index in [0.717, 1.165) is 35.1 Å². The molecule has 1 heterocycles. The van der Waals surface area contributed by atoms with Gasteiger partial charge in [0, 0.05) is 44.2 Å². The molecule has 70 heavy (non-hydrogen) atoms. The number of ether oxygens (including phenoxy) is 5. The number of hydrogen-bond donors (Lipinski definition) is 3. The molecule has 0 bridgehead atoms. The van der Waals surface area contributed by atoms with E-state index in [0.29, 0.717) is 55.1 Å². The molecule has 1 saturated carbocycles. The van der Waals surface area contributed by atoms with Crippen molar-refractivity contribution in [2.45, 2.75) is 109 Å². The molecule has 2 aliphatic carbocycles. The fraction of sp³-hybridized carbons (Fsp3) is 0.446. The van der Waals surface area contributed by atoms with E-state index in [-0.39, 0.29) is 70.3 Å². The Morgan fingerprint density at radius 3 is 2.29 bits per heavy atom. The summed E-state index contributed by atoms with van der Waals surface area (Å²) in [6, 6.07) is 29.6. The molecule has 1 fully saturated rings. The fourth-order valence-corrected chi connectivity index (χ4v) is 9.94. The van der Waals surface area contributed by atoms with E-state index in [9.17, 15) is 24.2 Å². The Morgan fingerprint density at radius 2 is 1.60 bits per heavy atom. The molecule has 1 aliphatic heterocycles. The summed E-state index contributed by atoms with van der Waals surface area (Å²) >= 11 is 0. The molecule has 0 aromatic heterocycles. The largest absolute Gasteiger partial charge is 0.459 e. The molecule has 3 N–H and O–H groups in total. The smallest absolute Gasteiger partial charge is 0.412 e. The Morgan fingerprint density at radius 1 is 0.900 bits per heavy atom. The van der Waals surface area contributed by atoms with E-state index >= 15 is 0 Å². The van der Waals surface area contributed by atoms with Crippen LogP contribution in [-0.4, -0.2) is 83.5 Å². The van der Waals surface area contributed by atoms with Crippen LogP contribution in [0.25, 0.3) is 0 Å². The molecule has 6 atom stereocenters. The standard InChI is InChI=1S/C56H68FN3O10/c1-5-30-67-56-50(60(37-40-22-24-43(57)25-23-40)54(64)66-32-31-65-38-41-18-10-7-11-19-41)35-48(59-70-55(2,3)4)46-33-42(20-12-14-28-61)45(21-13-15-29-62)51(52(46)56)47-34-44(26-27-49(47)69-56)68-53(63)58-36-39-16-8-6-9-17-39/h5-11,16-19,22-27,33-34,42,45,50-52,61-62H,1,12-15,20-21,28-32,35-38H2,2-4H3,(H,58,63). The Kier molecular flexibility index (Phi) is 18.2. The summed E-state index contributed by atoms with van der Waals surface area (Å²) < 4.78 is 46.9. The van der Waals surface area contributed by atoms with Gasteiger partial charge in [0.1, 0.15) is 35.6 Å². The summed E-state index contributed by atoms with van der Waals surface area (Å²) in [5.41, 5.74) is 4.06. The second-order valence-corrected chi connectivity index (χ2v) is 19.1. The highest BCUT2D eigenvalue weighted by molar-refractivity contribution is 6.03. The lowest BCUT2D eigenvalue weighted by Gasteiger charge is -2.60. The van der Waals surface area contributed by atoms with Crippen molar-refractivity contribution in [3.8, 4) is 11.5 Å². The van der Waals surface area contributed by atoms with Crippen molar-refractivity contribution in [1.29, 1.82) is 0 Å². The average molecular weight is 962 g/mol. The molecule has 0 spiro atoms. The minimum atomic E-state index is -1.61. The van der Waals surface area contributed by atoms with E-state index in [1.54, 1.807) is 35.2 Å². The quantitative estimate of drug-likeness (QED) is 0.0371. The number of halogens is 1. The third-order valence-corrected chi connectivity index (χ3v) is 13.0. The van der Waals surface area contributed by atoms with Crippen LogP contribution < -0.4 is 14.8 Å². The number of allylic oxidation sites excluding steroid dienone is 1. The minimum absolute atomic E-state index is 0.0114. The first-order valence-electron chi connectivity index (χ1n) is 24.5. The van der Waals surface area contributed by atoms with Crippen LogP contribution >= 0.6 is 0 Å². The van der Waals surface area contributed by atoms with Gasteiger partial charge >= 0.3 is 12.2 Å². The average Bonchev–Trinajstić information content (AvgIpc) is 3.35. The molecule has 4 aromatic rings. The number of aliphatic hydroxyl groups is 2. The lowest BCUT2D eigenvalue weighted by atomic mass is 9.55. The maximum atomic E-state index is 14.9. The number of benzene rings is 4. The van der Waals surface area contributed by atoms with Gasteiger partial charge in [0.05, 0.1) is 31.5 Å². The predicted octanol–water partition coefficient (Wildman–Crippen LogP) is 10.4. The number of rotatable bonds is 23. The zero-order valence-electron chi connectivity index (χ0n) is 40.6. The second-order valence-electron chi connectivity index (χ2n) is 19.1. The van der Waals surface area contributed by atoms with Gasteiger partial charge in [-0.05, 0) is 111 Å². The lowest BCUT2D eigenvalue weighted by molar-refractivity contribution is -0.256. The topological polar surface area (TPSA) is 158 Å². The molecule has 374 valence electrons. The Hall–Kier alpha value is -6.06. The summed E-state index contributed by atoms with van der Waals surface area (Å²) in [6.07, 6.45) is 6.84. The van der Waals surface area contributed by atoms with Gasteiger partial charge in [-0.2, -0.15) is 0 Å². The lowest BCUT2D eigenvalue weighted by Crippen LogP contribution is -2.70. The molecule has 0 radical (unpaired) electrons. The Bertz CT molecular complexity index is 2390. The van der Waals surface area contributed by atoms with Crippen LogP contribution in [0.15, 0.2) is 133 Å². The van der Waals surface area contributed by atoms with Crippen LogP contribution in [0.1, 0.15) is 93.9 Å². The van der Waals surface area contributed by atoms with Gasteiger partial charge in [-0.3, -0.25) is 4.90 Å². The summed E-state index contributed by atoms with van der Waals surface area (Å²) in [5.74, 6) is -2.39. The number of aliphatic hydroxyl groups excluding tert-OH is 2. The maximum Gasteiger partial charge on any atom is 0.412 e. The van der Waals surface area contributed by atoms with Crippen LogP contribution in [0.2, 0.25) is 0 Å². The SMILES string of the molecule is C=CCOC12Oc3ccc(OC(=O)NCc4ccccc4)cc3C3C(CCCCO)C(CCCCO)C=C(C(=NOC(C)(C)C)CC1N(Cc1ccc(F)cc1)C(=O)OCCOCc1ccccc1)C32. The molecule has 14 heteroatoms. The minimum Gasteiger partial charge on any atom is -0.459 e. The highest BCUT2D eigenvalue weighted by atomic mass is 19.1. The summed E-state index contributed by atoms with van der Waals surface area (Å²) in [4.78, 5) is 36.2. The number of nitrogens with one attached hydrogen (secondary N) is 1. The number of carbonyl (C=O) groups excluding carboxylic acids is 2. The maximum absolute atomic E-state index is 14.9. The third kappa shape index (κ3) is 13.2. The van der Waals surface area contributed by atoms with Crippen molar-refractivity contribution < 1.29 is 52.7 Å². The number of oxime groups is 1. The molecule has 2 amide bonds. The van der Waals surface area contributed by atoms with Gasteiger partial charge in [-0.15, -0.1) is 6.58 Å². The molecule has 0 saturated heterocycles. The van der Waals surface area contributed by atoms with E-state index < -0.39 is 41.4 Å². The Labute approximate surface area is 411 Å². The molecule has 6 unspecified atom stereocenters. The van der Waals surface area contributed by atoms with Crippen LogP contribution in [-0.2, 0) is 38.7 Å². The first-order chi connectivity index (χ1) is 33.9. The van der Waals surface area contributed by atoms with Crippen molar-refractivity contribution in [3.05, 3.63) is 156 Å². The summed E-state index contributed by atoms with van der Waals surface area (Å²) in [5, 5.41) is 27.8. The number of fused-ring (bicyclic) bond motifs is 2. The number of hydrogen-bond acceptors (Lipinski definition) is 11. The number of carbonyl (C=O) groups is 2. The van der Waals surface area contributed by atoms with E-state index in [2.05, 4.69) is 18.0 Å². The van der Waals surface area contributed by atoms with Gasteiger partial charge in [0.2, 0.25) is 5.79 Å². The molecule has 4 aromatic carbocycles. The number of nitrogens with zero attached hydrogens (tertiary/aromatic N) is 2. The highest BCUT2D eigenvalue weighted by Crippen LogP contribution is 2.62. The van der Waals surface area contributed by atoms with Crippen molar-refractivity contribution in [2.24, 2.45) is 22.9 Å². The fourth-order valence-electron chi connectivity index (χ4n) is 9.94. The van der Waals surface area contributed by atoms with Gasteiger partial charge in [-0.25, -0.2) is 14.0 Å². The van der Waals surface area contributed by atoms with Gasteiger partial charge in [0.15, 0.2) is 0 Å². The highest BCUT2D eigenvalue weighted by Gasteiger charge is 2.66. The number of unbranched alkanes of at least 4 members (excludes halogenated alkanes) is 2. The van der Waals surface area contributed by atoms with Crippen molar-refractivity contribution in [1.82, 2.24) is 10.2 Å². The van der Waals surface area contributed by atoms with Crippen LogP contribution in [0.3, 0.4) is 0 Å². The Balaban J connectivity index is 1.36. The predicted molar refractivity (Wildman–Crippen MR) is 264 cm³/mol. The zero-order chi connectivity index (χ0) is 49.5. The third-order valence-electron chi connectivity index (χ3n) is 13.0. The summed E-state index contributed by atoms with van der Waals surface area (Å²) in [6.45, 7) is 10.6. The van der Waals surface area contributed by atoms with Gasteiger partial charge < -0.3 is 44.1 Å². The van der Waals surface area contributed by atoms with Crippen LogP contribution in [0, 0.1) is 23.6 Å². The molecule has 7 rings (SSSR count). The van der Waals surface area contributed by atoms with Gasteiger partial charge in [-0.1, -0.05) is 103 Å². The monoisotopic (exact) mass is 961 g/mol. The molecular formula is C56H68FN3O10. The summed E-state index contributed by atoms with van der Waals surface area (Å²) in [7, 11) is 0. The van der Waals surface area contributed by atoms with Crippen LogP contribution in [0.4, 0.5) is 14.0 Å². The van der Waals surface area contributed by atoms with E-state index in [4.69, 9.17) is 33.7 Å². The first kappa shape index (κ1) is 51.8. The first-order valence-corrected chi connectivity index (χ1v) is 24.5. The molecular weight excluding hydrogens is 894 g/mol. The van der Waals surface area contributed by atoms with E-state index in [1.807, 2.05) is 87.5 Å². The van der Waals surface area contributed by atoms with Crippen LogP contribution in [0.5, 0.6) is 11.5 Å². The normalized spacial score (nSPS) is 21.9. The molecule has 3 aliphatic rings. The zero-order valence-corrected chi connectivity index (χ0v) is 40.6. The van der Waals surface area contributed by atoms with E-state index in [1.165, 1.54) is 12.1 Å². The van der Waals surface area contributed by atoms with Gasteiger partial charge in [0.25, 0.3) is 0 Å². The van der Waals surface area contributed by atoms with Crippen molar-refractivity contribution >= 4 is 17.9 Å². The molecule has 13 nitrogen and oxygen atoms in total. The van der Waals surface area contributed by atoms with Crippen molar-refractivity contribution in [2.75, 3.05) is 33.0 Å². The second kappa shape index (κ2) is 24.7.